The number of rotatable bonds is 4. The van der Waals surface area contributed by atoms with E-state index in [0.29, 0.717) is 0 Å². The van der Waals surface area contributed by atoms with Gasteiger partial charge in [-0.1, -0.05) is 0 Å². The minimum Gasteiger partial charge on any atom is -0.340 e. The van der Waals surface area contributed by atoms with Crippen LogP contribution in [0.15, 0.2) is 0 Å². The van der Waals surface area contributed by atoms with Gasteiger partial charge in [0.05, 0.1) is 0 Å². The summed E-state index contributed by atoms with van der Waals surface area (Å²) in [5.41, 5.74) is 0. The molecule has 1 saturated carbocycles. The number of carbonyl (C=O) groups excluding carboxylic acids is 1. The highest BCUT2D eigenvalue weighted by atomic mass is 16.2. The zero-order valence-corrected chi connectivity index (χ0v) is 9.54. The lowest BCUT2D eigenvalue weighted by Gasteiger charge is -2.34. The minimum atomic E-state index is 0.214. The van der Waals surface area contributed by atoms with E-state index in [0.717, 1.165) is 45.3 Å². The molecule has 0 aromatic rings. The monoisotopic (exact) mass is 211 g/mol. The van der Waals surface area contributed by atoms with E-state index in [1.165, 1.54) is 12.8 Å². The van der Waals surface area contributed by atoms with E-state index < -0.39 is 0 Å². The van der Waals surface area contributed by atoms with Gasteiger partial charge in [0, 0.05) is 52.2 Å². The SMILES string of the molecule is CC(=O)N1CCN(CCNC2CC2)CC1. The van der Waals surface area contributed by atoms with Crippen LogP contribution in [-0.2, 0) is 4.79 Å². The fourth-order valence-electron chi connectivity index (χ4n) is 2.00. The van der Waals surface area contributed by atoms with Crippen LogP contribution in [-0.4, -0.2) is 61.0 Å². The molecule has 2 rings (SSSR count). The molecule has 0 radical (unpaired) electrons. The molecule has 1 amide bonds. The van der Waals surface area contributed by atoms with Crippen LogP contribution in [0.4, 0.5) is 0 Å². The van der Waals surface area contributed by atoms with Crippen LogP contribution in [0.5, 0.6) is 0 Å². The highest BCUT2D eigenvalue weighted by Gasteiger charge is 2.21. The number of hydrogen-bond acceptors (Lipinski definition) is 3. The first kappa shape index (κ1) is 10.9. The maximum atomic E-state index is 11.1. The summed E-state index contributed by atoms with van der Waals surface area (Å²) >= 11 is 0. The van der Waals surface area contributed by atoms with Crippen molar-refractivity contribution in [2.75, 3.05) is 39.3 Å². The van der Waals surface area contributed by atoms with Gasteiger partial charge in [-0.25, -0.2) is 0 Å². The van der Waals surface area contributed by atoms with Gasteiger partial charge >= 0.3 is 0 Å². The number of carbonyl (C=O) groups is 1. The molecule has 0 spiro atoms. The van der Waals surface area contributed by atoms with E-state index in [4.69, 9.17) is 0 Å². The molecule has 1 N–H and O–H groups in total. The van der Waals surface area contributed by atoms with Crippen LogP contribution in [0.1, 0.15) is 19.8 Å². The summed E-state index contributed by atoms with van der Waals surface area (Å²) in [6.45, 7) is 7.76. The molecule has 0 unspecified atom stereocenters. The average molecular weight is 211 g/mol. The van der Waals surface area contributed by atoms with Gasteiger partial charge in [-0.2, -0.15) is 0 Å². The molecule has 0 bridgehead atoms. The van der Waals surface area contributed by atoms with Gasteiger partial charge < -0.3 is 10.2 Å². The Bertz CT molecular complexity index is 220. The fraction of sp³-hybridized carbons (Fsp3) is 0.909. The summed E-state index contributed by atoms with van der Waals surface area (Å²) in [7, 11) is 0. The lowest BCUT2D eigenvalue weighted by molar-refractivity contribution is -0.130. The third kappa shape index (κ3) is 3.47. The molecule has 15 heavy (non-hydrogen) atoms. The predicted octanol–water partition coefficient (Wildman–Crippen LogP) is -0.0975. The molecule has 0 aromatic carbocycles. The van der Waals surface area contributed by atoms with Crippen LogP contribution in [0.3, 0.4) is 0 Å². The molecule has 0 aromatic heterocycles. The van der Waals surface area contributed by atoms with Crippen LogP contribution in [0.2, 0.25) is 0 Å². The van der Waals surface area contributed by atoms with Gasteiger partial charge in [0.25, 0.3) is 0 Å². The molecule has 2 aliphatic rings. The lowest BCUT2D eigenvalue weighted by Crippen LogP contribution is -2.49. The molecule has 0 atom stereocenters. The zero-order valence-electron chi connectivity index (χ0n) is 9.54. The number of nitrogens with one attached hydrogen (secondary N) is 1. The van der Waals surface area contributed by atoms with Crippen molar-refractivity contribution in [1.29, 1.82) is 0 Å². The Kier molecular flexibility index (Phi) is 3.59. The second kappa shape index (κ2) is 4.94. The van der Waals surface area contributed by atoms with Gasteiger partial charge in [0.2, 0.25) is 5.91 Å². The van der Waals surface area contributed by atoms with Crippen LogP contribution in [0.25, 0.3) is 0 Å². The third-order valence-electron chi connectivity index (χ3n) is 3.26. The molecule has 4 nitrogen and oxygen atoms in total. The summed E-state index contributed by atoms with van der Waals surface area (Å²) in [6.07, 6.45) is 2.72. The molecule has 86 valence electrons. The van der Waals surface area contributed by atoms with Crippen molar-refractivity contribution >= 4 is 5.91 Å². The molecule has 1 aliphatic heterocycles. The second-order valence-electron chi connectivity index (χ2n) is 4.58. The topological polar surface area (TPSA) is 35.6 Å². The fourth-order valence-corrected chi connectivity index (χ4v) is 2.00. The van der Waals surface area contributed by atoms with Gasteiger partial charge in [0.15, 0.2) is 0 Å². The molecule has 4 heteroatoms. The Labute approximate surface area is 91.6 Å². The van der Waals surface area contributed by atoms with Crippen molar-refractivity contribution in [2.24, 2.45) is 0 Å². The molecule has 1 saturated heterocycles. The largest absolute Gasteiger partial charge is 0.340 e. The Morgan fingerprint density at radius 2 is 1.93 bits per heavy atom. The minimum absolute atomic E-state index is 0.214. The Hall–Kier alpha value is -0.610. The quantitative estimate of drug-likeness (QED) is 0.705. The van der Waals surface area contributed by atoms with Crippen molar-refractivity contribution in [3.63, 3.8) is 0 Å². The number of hydrogen-bond donors (Lipinski definition) is 1. The molecular weight excluding hydrogens is 190 g/mol. The van der Waals surface area contributed by atoms with Crippen molar-refractivity contribution in [3.8, 4) is 0 Å². The van der Waals surface area contributed by atoms with E-state index in [1.54, 1.807) is 6.92 Å². The number of nitrogens with zero attached hydrogens (tertiary/aromatic N) is 2. The van der Waals surface area contributed by atoms with E-state index in [2.05, 4.69) is 10.2 Å². The normalized spacial score (nSPS) is 23.1. The van der Waals surface area contributed by atoms with Crippen LogP contribution < -0.4 is 5.32 Å². The van der Waals surface area contributed by atoms with E-state index in [-0.39, 0.29) is 5.91 Å². The summed E-state index contributed by atoms with van der Waals surface area (Å²) in [6, 6.07) is 0.809. The van der Waals surface area contributed by atoms with Gasteiger partial charge in [-0.15, -0.1) is 0 Å². The summed E-state index contributed by atoms with van der Waals surface area (Å²) < 4.78 is 0. The molecular formula is C11H21N3O. The Balaban J connectivity index is 1.58. The van der Waals surface area contributed by atoms with E-state index in [9.17, 15) is 4.79 Å². The molecule has 1 heterocycles. The second-order valence-corrected chi connectivity index (χ2v) is 4.58. The van der Waals surface area contributed by atoms with Crippen molar-refractivity contribution in [1.82, 2.24) is 15.1 Å². The number of piperazine rings is 1. The molecule has 2 fully saturated rings. The highest BCUT2D eigenvalue weighted by molar-refractivity contribution is 5.73. The first-order valence-electron chi connectivity index (χ1n) is 5.97. The third-order valence-corrected chi connectivity index (χ3v) is 3.26. The van der Waals surface area contributed by atoms with Crippen molar-refractivity contribution in [3.05, 3.63) is 0 Å². The zero-order chi connectivity index (χ0) is 10.7. The lowest BCUT2D eigenvalue weighted by atomic mass is 10.3. The Morgan fingerprint density at radius 3 is 2.47 bits per heavy atom. The smallest absolute Gasteiger partial charge is 0.219 e. The van der Waals surface area contributed by atoms with E-state index >= 15 is 0 Å². The van der Waals surface area contributed by atoms with Crippen LogP contribution >= 0.6 is 0 Å². The van der Waals surface area contributed by atoms with Crippen molar-refractivity contribution in [2.45, 2.75) is 25.8 Å². The standard InChI is InChI=1S/C11H21N3O/c1-10(15)14-8-6-13(7-9-14)5-4-12-11-2-3-11/h11-12H,2-9H2,1H3. The first-order chi connectivity index (χ1) is 7.25. The van der Waals surface area contributed by atoms with Gasteiger partial charge in [-0.05, 0) is 12.8 Å². The molecule has 1 aliphatic carbocycles. The maximum absolute atomic E-state index is 11.1. The Morgan fingerprint density at radius 1 is 1.27 bits per heavy atom. The van der Waals surface area contributed by atoms with Gasteiger partial charge in [-0.3, -0.25) is 9.69 Å². The first-order valence-corrected chi connectivity index (χ1v) is 5.97. The van der Waals surface area contributed by atoms with Crippen LogP contribution in [0, 0.1) is 0 Å². The average Bonchev–Trinajstić information content (AvgIpc) is 3.02. The predicted molar refractivity (Wildman–Crippen MR) is 59.7 cm³/mol. The van der Waals surface area contributed by atoms with Crippen molar-refractivity contribution < 1.29 is 4.79 Å². The van der Waals surface area contributed by atoms with Gasteiger partial charge in [0.1, 0.15) is 0 Å². The summed E-state index contributed by atoms with van der Waals surface area (Å²) in [5, 5.41) is 3.52. The highest BCUT2D eigenvalue weighted by Crippen LogP contribution is 2.18. The van der Waals surface area contributed by atoms with E-state index in [1.807, 2.05) is 4.90 Å². The summed E-state index contributed by atoms with van der Waals surface area (Å²) in [5.74, 6) is 0.214. The summed E-state index contributed by atoms with van der Waals surface area (Å²) in [4.78, 5) is 15.5. The maximum Gasteiger partial charge on any atom is 0.219 e. The number of amides is 1.